The Morgan fingerprint density at radius 1 is 0.881 bits per heavy atom. The standard InChI is InChI=1S/C34H41N2O5P/c1-5-6-17-35-33(38)29(36-18-20-41-21-19-36)23-30(37)31-24(2)22-25(3)32(26(31)4)34(39)42(40,27-13-9-7-10-14-27)28-15-11-8-12-16-28/h7-16,22,29H,5-6,17-21,23H2,1-4H3,(H,35,38). The fraction of sp³-hybridized carbons (Fsp3) is 0.382. The summed E-state index contributed by atoms with van der Waals surface area (Å²) in [5.41, 5.74) is 2.12. The van der Waals surface area contributed by atoms with Gasteiger partial charge in [-0.05, 0) is 43.9 Å². The first-order valence-electron chi connectivity index (χ1n) is 14.7. The fourth-order valence-corrected chi connectivity index (χ4v) is 8.43. The molecule has 0 aliphatic carbocycles. The molecule has 1 heterocycles. The molecule has 0 aromatic heterocycles. The minimum atomic E-state index is -3.77. The molecule has 1 amide bonds. The molecule has 1 unspecified atom stereocenters. The number of nitrogens with one attached hydrogen (secondary N) is 1. The van der Waals surface area contributed by atoms with Crippen LogP contribution in [0.1, 0.15) is 63.6 Å². The molecular formula is C34H41N2O5P. The number of amides is 1. The first-order valence-corrected chi connectivity index (χ1v) is 16.4. The summed E-state index contributed by atoms with van der Waals surface area (Å²) >= 11 is 0. The van der Waals surface area contributed by atoms with E-state index in [2.05, 4.69) is 12.2 Å². The third-order valence-corrected chi connectivity index (χ3v) is 10.8. The number of aryl methyl sites for hydroxylation is 2. The minimum absolute atomic E-state index is 0.0225. The molecule has 1 fully saturated rings. The summed E-state index contributed by atoms with van der Waals surface area (Å²) in [4.78, 5) is 43.8. The largest absolute Gasteiger partial charge is 0.379 e. The van der Waals surface area contributed by atoms with Crippen molar-refractivity contribution in [3.63, 3.8) is 0 Å². The molecular weight excluding hydrogens is 547 g/mol. The summed E-state index contributed by atoms with van der Waals surface area (Å²) in [6, 6.07) is 18.8. The molecule has 1 atom stereocenters. The quantitative estimate of drug-likeness (QED) is 0.183. The lowest BCUT2D eigenvalue weighted by Crippen LogP contribution is -2.52. The highest BCUT2D eigenvalue weighted by Crippen LogP contribution is 2.48. The van der Waals surface area contributed by atoms with E-state index in [1.807, 2.05) is 36.9 Å². The molecule has 3 aromatic rings. The van der Waals surface area contributed by atoms with Crippen molar-refractivity contribution in [2.24, 2.45) is 0 Å². The number of carbonyl (C=O) groups is 3. The molecule has 0 radical (unpaired) electrons. The predicted molar refractivity (Wildman–Crippen MR) is 168 cm³/mol. The van der Waals surface area contributed by atoms with Crippen LogP contribution in [0.5, 0.6) is 0 Å². The Balaban J connectivity index is 1.75. The third-order valence-electron chi connectivity index (χ3n) is 7.99. The van der Waals surface area contributed by atoms with Gasteiger partial charge in [-0.15, -0.1) is 0 Å². The van der Waals surface area contributed by atoms with Crippen LogP contribution in [0.3, 0.4) is 0 Å². The number of rotatable bonds is 12. The normalized spacial score (nSPS) is 14.8. The van der Waals surface area contributed by atoms with Gasteiger partial charge in [-0.3, -0.25) is 19.3 Å². The van der Waals surface area contributed by atoms with Crippen LogP contribution in [0.4, 0.5) is 0 Å². The first kappa shape index (κ1) is 31.6. The Morgan fingerprint density at radius 2 is 1.43 bits per heavy atom. The van der Waals surface area contributed by atoms with E-state index in [9.17, 15) is 18.9 Å². The van der Waals surface area contributed by atoms with Crippen molar-refractivity contribution in [2.75, 3.05) is 32.8 Å². The lowest BCUT2D eigenvalue weighted by atomic mass is 9.89. The molecule has 0 saturated carbocycles. The number of ketones is 1. The highest BCUT2D eigenvalue weighted by molar-refractivity contribution is 7.93. The van der Waals surface area contributed by atoms with Gasteiger partial charge in [0, 0.05) is 47.8 Å². The van der Waals surface area contributed by atoms with E-state index < -0.39 is 18.7 Å². The molecule has 0 spiro atoms. The summed E-state index contributed by atoms with van der Waals surface area (Å²) in [7, 11) is -3.77. The van der Waals surface area contributed by atoms with E-state index in [4.69, 9.17) is 4.74 Å². The van der Waals surface area contributed by atoms with Crippen LogP contribution in [0, 0.1) is 20.8 Å². The third kappa shape index (κ3) is 6.64. The van der Waals surface area contributed by atoms with Gasteiger partial charge in [0.15, 0.2) is 5.78 Å². The molecule has 0 bridgehead atoms. The highest BCUT2D eigenvalue weighted by Gasteiger charge is 2.39. The van der Waals surface area contributed by atoms with Crippen molar-refractivity contribution in [1.82, 2.24) is 10.2 Å². The van der Waals surface area contributed by atoms with Crippen LogP contribution >= 0.6 is 7.14 Å². The highest BCUT2D eigenvalue weighted by atomic mass is 31.2. The Morgan fingerprint density at radius 3 is 1.98 bits per heavy atom. The van der Waals surface area contributed by atoms with Crippen molar-refractivity contribution in [3.8, 4) is 0 Å². The van der Waals surface area contributed by atoms with Crippen LogP contribution in [-0.2, 0) is 14.1 Å². The fourth-order valence-electron chi connectivity index (χ4n) is 5.82. The van der Waals surface area contributed by atoms with Crippen LogP contribution in [0.15, 0.2) is 66.7 Å². The van der Waals surface area contributed by atoms with Gasteiger partial charge >= 0.3 is 0 Å². The number of morpholine rings is 1. The average Bonchev–Trinajstić information content (AvgIpc) is 3.00. The maximum absolute atomic E-state index is 14.9. The monoisotopic (exact) mass is 588 g/mol. The number of nitrogens with zero attached hydrogens (tertiary/aromatic N) is 1. The zero-order valence-corrected chi connectivity index (χ0v) is 25.9. The van der Waals surface area contributed by atoms with Gasteiger partial charge in [-0.1, -0.05) is 80.1 Å². The van der Waals surface area contributed by atoms with E-state index in [1.165, 1.54) is 0 Å². The number of hydrogen-bond acceptors (Lipinski definition) is 6. The lowest BCUT2D eigenvalue weighted by molar-refractivity contribution is -0.128. The SMILES string of the molecule is CCCCNC(=O)C(CC(=O)c1c(C)cc(C)c(C(=O)P(=O)(c2ccccc2)c2ccccc2)c1C)N1CCOCC1. The molecule has 1 N–H and O–H groups in total. The topological polar surface area (TPSA) is 92.8 Å². The second-order valence-corrected chi connectivity index (χ2v) is 13.6. The summed E-state index contributed by atoms with van der Waals surface area (Å²) in [6.07, 6.45) is 1.79. The lowest BCUT2D eigenvalue weighted by Gasteiger charge is -2.33. The minimum Gasteiger partial charge on any atom is -0.379 e. The van der Waals surface area contributed by atoms with Crippen molar-refractivity contribution >= 4 is 35.0 Å². The van der Waals surface area contributed by atoms with Gasteiger partial charge in [-0.25, -0.2) is 0 Å². The van der Waals surface area contributed by atoms with Gasteiger partial charge in [0.1, 0.15) is 0 Å². The number of ether oxygens (including phenoxy) is 1. The van der Waals surface area contributed by atoms with Crippen LogP contribution in [0.2, 0.25) is 0 Å². The number of Topliss-reactive ketones (excluding diaryl/α,β-unsaturated/α-hetero) is 1. The van der Waals surface area contributed by atoms with Crippen molar-refractivity contribution < 1.29 is 23.7 Å². The second kappa shape index (κ2) is 14.2. The van der Waals surface area contributed by atoms with Gasteiger partial charge in [0.2, 0.25) is 18.6 Å². The summed E-state index contributed by atoms with van der Waals surface area (Å²) < 4.78 is 20.4. The number of carbonyl (C=O) groups excluding carboxylic acids is 3. The maximum Gasteiger partial charge on any atom is 0.237 e. The number of hydrogen-bond donors (Lipinski definition) is 1. The average molecular weight is 589 g/mol. The van der Waals surface area contributed by atoms with Gasteiger partial charge < -0.3 is 14.6 Å². The first-order chi connectivity index (χ1) is 20.2. The zero-order valence-electron chi connectivity index (χ0n) is 25.0. The summed E-state index contributed by atoms with van der Waals surface area (Å²) in [5.74, 6) is -0.384. The number of unbranched alkanes of at least 4 members (excludes halogenated alkanes) is 1. The Bertz CT molecular complexity index is 1420. The molecule has 7 nitrogen and oxygen atoms in total. The van der Waals surface area contributed by atoms with Crippen LogP contribution in [0.25, 0.3) is 0 Å². The van der Waals surface area contributed by atoms with E-state index >= 15 is 0 Å². The van der Waals surface area contributed by atoms with E-state index in [0.717, 1.165) is 18.4 Å². The molecule has 1 saturated heterocycles. The Hall–Kier alpha value is -3.38. The van der Waals surface area contributed by atoms with Crippen LogP contribution in [-0.4, -0.2) is 61.0 Å². The zero-order chi connectivity index (χ0) is 30.3. The summed E-state index contributed by atoms with van der Waals surface area (Å²) in [5, 5.41) is 3.89. The molecule has 222 valence electrons. The second-order valence-electron chi connectivity index (χ2n) is 10.9. The predicted octanol–water partition coefficient (Wildman–Crippen LogP) is 4.96. The Labute approximate surface area is 249 Å². The molecule has 4 rings (SSSR count). The van der Waals surface area contributed by atoms with E-state index in [-0.39, 0.29) is 18.1 Å². The van der Waals surface area contributed by atoms with Crippen molar-refractivity contribution in [3.05, 3.63) is 94.5 Å². The molecule has 1 aliphatic heterocycles. The van der Waals surface area contributed by atoms with Crippen LogP contribution < -0.4 is 15.9 Å². The Kier molecular flexibility index (Phi) is 10.7. The van der Waals surface area contributed by atoms with E-state index in [1.54, 1.807) is 55.5 Å². The maximum atomic E-state index is 14.9. The van der Waals surface area contributed by atoms with Crippen molar-refractivity contribution in [1.29, 1.82) is 0 Å². The molecule has 42 heavy (non-hydrogen) atoms. The number of benzene rings is 3. The summed E-state index contributed by atoms with van der Waals surface area (Å²) in [6.45, 7) is 10.2. The van der Waals surface area contributed by atoms with E-state index in [0.29, 0.717) is 65.7 Å². The van der Waals surface area contributed by atoms with Gasteiger partial charge in [0.25, 0.3) is 0 Å². The van der Waals surface area contributed by atoms with Gasteiger partial charge in [-0.2, -0.15) is 0 Å². The molecule has 1 aliphatic rings. The smallest absolute Gasteiger partial charge is 0.237 e. The van der Waals surface area contributed by atoms with Gasteiger partial charge in [0.05, 0.1) is 19.3 Å². The van der Waals surface area contributed by atoms with Crippen molar-refractivity contribution in [2.45, 2.75) is 53.0 Å². The molecule has 8 heteroatoms. The molecule has 3 aromatic carbocycles.